The minimum Gasteiger partial charge on any atom is -0.454 e. The van der Waals surface area contributed by atoms with Crippen molar-refractivity contribution in [2.75, 3.05) is 0 Å². The van der Waals surface area contributed by atoms with Crippen molar-refractivity contribution in [1.82, 2.24) is 10.3 Å². The number of ether oxygens (including phenoxy) is 1. The van der Waals surface area contributed by atoms with E-state index in [0.29, 0.717) is 16.8 Å². The fourth-order valence-electron chi connectivity index (χ4n) is 1.68. The summed E-state index contributed by atoms with van der Waals surface area (Å²) in [4.78, 5) is 4.10. The van der Waals surface area contributed by atoms with Crippen LogP contribution in [0, 0.1) is 5.82 Å². The van der Waals surface area contributed by atoms with Gasteiger partial charge in [0.15, 0.2) is 11.6 Å². The summed E-state index contributed by atoms with van der Waals surface area (Å²) < 4.78 is 20.2. The van der Waals surface area contributed by atoms with Gasteiger partial charge < -0.3 is 10.1 Å². The standard InChI is InChI=1S/C16H18BrFN2O/c1-16(2,3)20-10-11-9-19-7-6-14(11)21-15-5-4-12(17)8-13(15)18/h4-9,20H,10H2,1-3H3. The Labute approximate surface area is 132 Å². The highest BCUT2D eigenvalue weighted by Gasteiger charge is 2.13. The zero-order valence-corrected chi connectivity index (χ0v) is 13.9. The van der Waals surface area contributed by atoms with Crippen molar-refractivity contribution in [2.45, 2.75) is 32.9 Å². The number of nitrogens with zero attached hydrogens (tertiary/aromatic N) is 1. The van der Waals surface area contributed by atoms with Gasteiger partial charge in [-0.3, -0.25) is 4.98 Å². The van der Waals surface area contributed by atoms with Crippen molar-refractivity contribution < 1.29 is 9.13 Å². The summed E-state index contributed by atoms with van der Waals surface area (Å²) in [5.41, 5.74) is 0.866. The van der Waals surface area contributed by atoms with Crippen molar-refractivity contribution in [3.05, 3.63) is 52.5 Å². The van der Waals surface area contributed by atoms with Crippen molar-refractivity contribution in [3.63, 3.8) is 0 Å². The van der Waals surface area contributed by atoms with Crippen LogP contribution in [0.15, 0.2) is 41.1 Å². The molecule has 2 rings (SSSR count). The third-order valence-electron chi connectivity index (χ3n) is 2.78. The average Bonchev–Trinajstić information content (AvgIpc) is 2.40. The van der Waals surface area contributed by atoms with E-state index in [4.69, 9.17) is 4.74 Å². The largest absolute Gasteiger partial charge is 0.454 e. The lowest BCUT2D eigenvalue weighted by Gasteiger charge is -2.21. The van der Waals surface area contributed by atoms with Gasteiger partial charge in [0.2, 0.25) is 0 Å². The average molecular weight is 353 g/mol. The molecule has 1 N–H and O–H groups in total. The van der Waals surface area contributed by atoms with Gasteiger partial charge in [-0.1, -0.05) is 15.9 Å². The molecule has 1 aromatic heterocycles. The van der Waals surface area contributed by atoms with E-state index >= 15 is 0 Å². The fourth-order valence-corrected chi connectivity index (χ4v) is 2.02. The number of halogens is 2. The number of hydrogen-bond donors (Lipinski definition) is 1. The van der Waals surface area contributed by atoms with E-state index in [1.165, 1.54) is 6.07 Å². The minimum atomic E-state index is -0.407. The quantitative estimate of drug-likeness (QED) is 0.868. The number of hydrogen-bond acceptors (Lipinski definition) is 3. The van der Waals surface area contributed by atoms with E-state index in [2.05, 4.69) is 47.0 Å². The fraction of sp³-hybridized carbons (Fsp3) is 0.312. The monoisotopic (exact) mass is 352 g/mol. The Hall–Kier alpha value is -1.46. The Balaban J connectivity index is 2.20. The summed E-state index contributed by atoms with van der Waals surface area (Å²) >= 11 is 3.23. The van der Waals surface area contributed by atoms with Gasteiger partial charge >= 0.3 is 0 Å². The predicted molar refractivity (Wildman–Crippen MR) is 85.0 cm³/mol. The molecule has 0 amide bonds. The molecule has 1 aromatic carbocycles. The highest BCUT2D eigenvalue weighted by atomic mass is 79.9. The first-order valence-electron chi connectivity index (χ1n) is 6.66. The normalized spacial score (nSPS) is 11.5. The van der Waals surface area contributed by atoms with Crippen LogP contribution in [0.2, 0.25) is 0 Å². The second-order valence-electron chi connectivity index (χ2n) is 5.76. The van der Waals surface area contributed by atoms with Crippen LogP contribution in [0.1, 0.15) is 26.3 Å². The predicted octanol–water partition coefficient (Wildman–Crippen LogP) is 4.66. The van der Waals surface area contributed by atoms with Crippen LogP contribution in [-0.4, -0.2) is 10.5 Å². The van der Waals surface area contributed by atoms with Gasteiger partial charge in [0.25, 0.3) is 0 Å². The maximum absolute atomic E-state index is 13.9. The number of rotatable bonds is 4. The lowest BCUT2D eigenvalue weighted by Crippen LogP contribution is -2.35. The van der Waals surface area contributed by atoms with Gasteiger partial charge in [-0.15, -0.1) is 0 Å². The van der Waals surface area contributed by atoms with Crippen molar-refractivity contribution in [2.24, 2.45) is 0 Å². The molecule has 0 unspecified atom stereocenters. The van der Waals surface area contributed by atoms with E-state index in [-0.39, 0.29) is 11.3 Å². The van der Waals surface area contributed by atoms with E-state index in [9.17, 15) is 4.39 Å². The van der Waals surface area contributed by atoms with Crippen LogP contribution in [0.3, 0.4) is 0 Å². The molecule has 1 heterocycles. The second-order valence-corrected chi connectivity index (χ2v) is 6.68. The number of aromatic nitrogens is 1. The zero-order chi connectivity index (χ0) is 15.5. The van der Waals surface area contributed by atoms with Crippen LogP contribution in [0.4, 0.5) is 4.39 Å². The van der Waals surface area contributed by atoms with Crippen LogP contribution in [-0.2, 0) is 6.54 Å². The lowest BCUT2D eigenvalue weighted by molar-refractivity contribution is 0.406. The summed E-state index contributed by atoms with van der Waals surface area (Å²) in [6.45, 7) is 6.85. The Bertz CT molecular complexity index is 626. The van der Waals surface area contributed by atoms with E-state index in [1.54, 1.807) is 30.6 Å². The highest BCUT2D eigenvalue weighted by molar-refractivity contribution is 9.10. The molecule has 0 fully saturated rings. The Morgan fingerprint density at radius 1 is 1.24 bits per heavy atom. The van der Waals surface area contributed by atoms with E-state index < -0.39 is 5.82 Å². The molecule has 0 radical (unpaired) electrons. The molecule has 0 saturated heterocycles. The smallest absolute Gasteiger partial charge is 0.166 e. The molecule has 5 heteroatoms. The van der Waals surface area contributed by atoms with Crippen molar-refractivity contribution in [3.8, 4) is 11.5 Å². The van der Waals surface area contributed by atoms with Crippen molar-refractivity contribution in [1.29, 1.82) is 0 Å². The molecular formula is C16H18BrFN2O. The van der Waals surface area contributed by atoms with Crippen LogP contribution >= 0.6 is 15.9 Å². The number of benzene rings is 1. The molecule has 21 heavy (non-hydrogen) atoms. The second kappa shape index (κ2) is 6.54. The molecule has 3 nitrogen and oxygen atoms in total. The van der Waals surface area contributed by atoms with Gasteiger partial charge in [0, 0.05) is 34.5 Å². The number of nitrogens with one attached hydrogen (secondary N) is 1. The molecule has 0 aliphatic rings. The summed E-state index contributed by atoms with van der Waals surface area (Å²) in [6.07, 6.45) is 3.36. The number of pyridine rings is 1. The molecule has 0 aliphatic carbocycles. The van der Waals surface area contributed by atoms with Gasteiger partial charge in [-0.2, -0.15) is 0 Å². The summed E-state index contributed by atoms with van der Waals surface area (Å²) in [7, 11) is 0. The molecule has 0 spiro atoms. The van der Waals surface area contributed by atoms with E-state index in [0.717, 1.165) is 5.56 Å². The van der Waals surface area contributed by atoms with Crippen LogP contribution in [0.5, 0.6) is 11.5 Å². The third kappa shape index (κ3) is 4.79. The topological polar surface area (TPSA) is 34.2 Å². The molecular weight excluding hydrogens is 335 g/mol. The van der Waals surface area contributed by atoms with Crippen molar-refractivity contribution >= 4 is 15.9 Å². The molecule has 0 saturated carbocycles. The first-order chi connectivity index (χ1) is 9.85. The molecule has 0 bridgehead atoms. The highest BCUT2D eigenvalue weighted by Crippen LogP contribution is 2.28. The summed E-state index contributed by atoms with van der Waals surface area (Å²) in [6, 6.07) is 6.46. The molecule has 0 atom stereocenters. The third-order valence-corrected chi connectivity index (χ3v) is 3.28. The molecule has 2 aromatic rings. The summed E-state index contributed by atoms with van der Waals surface area (Å²) in [5, 5.41) is 3.37. The van der Waals surface area contributed by atoms with Gasteiger partial charge in [0.1, 0.15) is 5.75 Å². The lowest BCUT2D eigenvalue weighted by atomic mass is 10.1. The molecule has 112 valence electrons. The zero-order valence-electron chi connectivity index (χ0n) is 12.3. The van der Waals surface area contributed by atoms with Crippen LogP contribution in [0.25, 0.3) is 0 Å². The first kappa shape index (κ1) is 15.9. The summed E-state index contributed by atoms with van der Waals surface area (Å²) in [5.74, 6) is 0.389. The maximum atomic E-state index is 13.9. The van der Waals surface area contributed by atoms with E-state index in [1.807, 2.05) is 0 Å². The minimum absolute atomic E-state index is 0.0179. The Morgan fingerprint density at radius 3 is 2.67 bits per heavy atom. The Kier molecular flexibility index (Phi) is 4.96. The first-order valence-corrected chi connectivity index (χ1v) is 7.45. The maximum Gasteiger partial charge on any atom is 0.166 e. The van der Waals surface area contributed by atoms with Gasteiger partial charge in [0.05, 0.1) is 0 Å². The Morgan fingerprint density at radius 2 is 2.00 bits per heavy atom. The SMILES string of the molecule is CC(C)(C)NCc1cnccc1Oc1ccc(Br)cc1F. The van der Waals surface area contributed by atoms with Gasteiger partial charge in [-0.05, 0) is 45.0 Å². The molecule has 0 aliphatic heterocycles. The van der Waals surface area contributed by atoms with Crippen LogP contribution < -0.4 is 10.1 Å². The van der Waals surface area contributed by atoms with Gasteiger partial charge in [-0.25, -0.2) is 4.39 Å².